The van der Waals surface area contributed by atoms with Crippen molar-refractivity contribution in [1.29, 1.82) is 0 Å². The number of fused-ring (bicyclic) bond motifs is 5. The highest BCUT2D eigenvalue weighted by atomic mass is 16.6. The predicted molar refractivity (Wildman–Crippen MR) is 118 cm³/mol. The van der Waals surface area contributed by atoms with Crippen molar-refractivity contribution in [3.8, 4) is 0 Å². The summed E-state index contributed by atoms with van der Waals surface area (Å²) in [5.74, 6) is -0.340. The maximum atomic E-state index is 12.1. The van der Waals surface area contributed by atoms with Gasteiger partial charge in [0.15, 0.2) is 0 Å². The number of carbonyl (C=O) groups excluding carboxylic acids is 3. The number of rotatable bonds is 5. The highest BCUT2D eigenvalue weighted by Crippen LogP contribution is 2.75. The Balaban J connectivity index is 1.54. The first-order valence-electron chi connectivity index (χ1n) is 12.3. The van der Waals surface area contributed by atoms with Gasteiger partial charge in [-0.05, 0) is 43.4 Å². The molecule has 0 aromatic heterocycles. The van der Waals surface area contributed by atoms with Crippen molar-refractivity contribution in [2.24, 2.45) is 34.0 Å². The van der Waals surface area contributed by atoms with Gasteiger partial charge in [0.1, 0.15) is 12.2 Å². The monoisotopic (exact) mass is 460 g/mol. The van der Waals surface area contributed by atoms with Crippen LogP contribution in [0.4, 0.5) is 0 Å². The summed E-state index contributed by atoms with van der Waals surface area (Å²) in [6.45, 7) is 10.1. The molecule has 0 spiro atoms. The second-order valence-electron chi connectivity index (χ2n) is 11.7. The third kappa shape index (κ3) is 3.71. The van der Waals surface area contributed by atoms with Crippen molar-refractivity contribution in [2.45, 2.75) is 85.0 Å². The first-order chi connectivity index (χ1) is 15.5. The van der Waals surface area contributed by atoms with Crippen LogP contribution in [0.3, 0.4) is 0 Å². The molecule has 5 rings (SSSR count). The first kappa shape index (κ1) is 22.9. The van der Waals surface area contributed by atoms with Crippen LogP contribution in [-0.2, 0) is 33.3 Å². The van der Waals surface area contributed by atoms with E-state index in [9.17, 15) is 14.4 Å². The normalized spacial score (nSPS) is 47.1. The molecule has 33 heavy (non-hydrogen) atoms. The van der Waals surface area contributed by atoms with Crippen molar-refractivity contribution in [3.05, 3.63) is 11.6 Å². The second kappa shape index (κ2) is 7.56. The lowest BCUT2D eigenvalue weighted by Crippen LogP contribution is -2.56. The van der Waals surface area contributed by atoms with E-state index in [-0.39, 0.29) is 70.2 Å². The third-order valence-corrected chi connectivity index (χ3v) is 9.46. The molecule has 5 aliphatic rings. The van der Waals surface area contributed by atoms with Crippen molar-refractivity contribution in [3.63, 3.8) is 0 Å². The Bertz CT molecular complexity index is 906. The van der Waals surface area contributed by atoms with Gasteiger partial charge in [-0.1, -0.05) is 25.5 Å². The van der Waals surface area contributed by atoms with E-state index in [2.05, 4.69) is 19.9 Å². The summed E-state index contributed by atoms with van der Waals surface area (Å²) in [7, 11) is 0. The third-order valence-electron chi connectivity index (χ3n) is 9.46. The highest BCUT2D eigenvalue weighted by Gasteiger charge is 2.73. The average Bonchev–Trinajstić information content (AvgIpc) is 3.61. The zero-order valence-corrected chi connectivity index (χ0v) is 20.3. The summed E-state index contributed by atoms with van der Waals surface area (Å²) in [6, 6.07) is 0. The van der Waals surface area contributed by atoms with Crippen LogP contribution in [0.25, 0.3) is 0 Å². The summed E-state index contributed by atoms with van der Waals surface area (Å²) in [4.78, 5) is 35.8. The van der Waals surface area contributed by atoms with Gasteiger partial charge in [0.05, 0.1) is 19.3 Å². The molecule has 1 heterocycles. The molecule has 1 aliphatic heterocycles. The smallest absolute Gasteiger partial charge is 0.302 e. The van der Waals surface area contributed by atoms with Crippen LogP contribution in [0.5, 0.6) is 0 Å². The van der Waals surface area contributed by atoms with Gasteiger partial charge in [0.2, 0.25) is 0 Å². The van der Waals surface area contributed by atoms with E-state index in [1.165, 1.54) is 26.3 Å². The summed E-state index contributed by atoms with van der Waals surface area (Å²) < 4.78 is 23.1. The van der Waals surface area contributed by atoms with Gasteiger partial charge in [-0.25, -0.2) is 0 Å². The van der Waals surface area contributed by atoms with E-state index in [4.69, 9.17) is 18.9 Å². The molecular weight excluding hydrogens is 424 g/mol. The fourth-order valence-corrected chi connectivity index (χ4v) is 7.88. The summed E-state index contributed by atoms with van der Waals surface area (Å²) in [5, 5.41) is 0. The number of esters is 3. The van der Waals surface area contributed by atoms with E-state index in [0.717, 1.165) is 38.7 Å². The zero-order valence-electron chi connectivity index (χ0n) is 20.3. The van der Waals surface area contributed by atoms with Crippen molar-refractivity contribution < 1.29 is 33.3 Å². The molecular formula is C26H36O7. The highest BCUT2D eigenvalue weighted by molar-refractivity contribution is 5.67. The van der Waals surface area contributed by atoms with Gasteiger partial charge in [0, 0.05) is 43.4 Å². The van der Waals surface area contributed by atoms with Gasteiger partial charge >= 0.3 is 17.9 Å². The topological polar surface area (TPSA) is 91.4 Å². The summed E-state index contributed by atoms with van der Waals surface area (Å²) in [6.07, 6.45) is 6.45. The Hall–Kier alpha value is -1.89. The Morgan fingerprint density at radius 1 is 1.00 bits per heavy atom. The molecule has 0 aromatic rings. The summed E-state index contributed by atoms with van der Waals surface area (Å²) in [5.41, 5.74) is 0.911. The lowest BCUT2D eigenvalue weighted by molar-refractivity contribution is -0.170. The van der Waals surface area contributed by atoms with Crippen LogP contribution >= 0.6 is 0 Å². The zero-order chi connectivity index (χ0) is 23.8. The van der Waals surface area contributed by atoms with Crippen molar-refractivity contribution >= 4 is 17.9 Å². The lowest BCUT2D eigenvalue weighted by Gasteiger charge is -2.58. The Kier molecular flexibility index (Phi) is 5.24. The molecule has 182 valence electrons. The van der Waals surface area contributed by atoms with Crippen LogP contribution in [0.2, 0.25) is 0 Å². The van der Waals surface area contributed by atoms with E-state index in [1.54, 1.807) is 0 Å². The Morgan fingerprint density at radius 2 is 1.67 bits per heavy atom. The number of epoxide rings is 1. The number of allylic oxidation sites excluding steroid dienone is 1. The molecule has 9 atom stereocenters. The minimum Gasteiger partial charge on any atom is -0.465 e. The molecule has 4 fully saturated rings. The maximum Gasteiger partial charge on any atom is 0.302 e. The van der Waals surface area contributed by atoms with Gasteiger partial charge < -0.3 is 18.9 Å². The van der Waals surface area contributed by atoms with Crippen LogP contribution in [0, 0.1) is 34.0 Å². The fraction of sp³-hybridized carbons (Fsp3) is 0.808. The molecule has 0 amide bonds. The predicted octanol–water partition coefficient (Wildman–Crippen LogP) is 3.59. The molecule has 3 saturated carbocycles. The van der Waals surface area contributed by atoms with E-state index in [0.29, 0.717) is 6.61 Å². The largest absolute Gasteiger partial charge is 0.465 e. The molecule has 7 heteroatoms. The van der Waals surface area contributed by atoms with Gasteiger partial charge in [-0.2, -0.15) is 0 Å². The molecule has 0 N–H and O–H groups in total. The molecule has 4 aliphatic carbocycles. The molecule has 0 bridgehead atoms. The Labute approximate surface area is 195 Å². The second-order valence-corrected chi connectivity index (χ2v) is 11.7. The quantitative estimate of drug-likeness (QED) is 0.268. The number of hydrogen-bond acceptors (Lipinski definition) is 7. The van der Waals surface area contributed by atoms with Crippen LogP contribution < -0.4 is 0 Å². The van der Waals surface area contributed by atoms with Gasteiger partial charge in [-0.15, -0.1) is 0 Å². The number of hydrogen-bond donors (Lipinski definition) is 0. The van der Waals surface area contributed by atoms with E-state index < -0.39 is 0 Å². The average molecular weight is 461 g/mol. The van der Waals surface area contributed by atoms with Crippen molar-refractivity contribution in [2.75, 3.05) is 13.2 Å². The summed E-state index contributed by atoms with van der Waals surface area (Å²) >= 11 is 0. The van der Waals surface area contributed by atoms with Gasteiger partial charge in [0.25, 0.3) is 0 Å². The molecule has 0 aromatic carbocycles. The van der Waals surface area contributed by atoms with Crippen molar-refractivity contribution in [1.82, 2.24) is 0 Å². The van der Waals surface area contributed by atoms with Gasteiger partial charge in [-0.3, -0.25) is 14.4 Å². The fourth-order valence-electron chi connectivity index (χ4n) is 7.88. The SMILES string of the molecule is CC(=O)OC[C@]12C[C@H]1[C@H](OC(C)=O)C[C@@]1(C)C3=CC[C@](C)([C@H]4CO4)C[C@H]3[C@H](OC(C)=O)C[C@H]21. The Morgan fingerprint density at radius 3 is 2.27 bits per heavy atom. The molecule has 1 saturated heterocycles. The minimum absolute atomic E-state index is 0.0389. The maximum absolute atomic E-state index is 12.1. The standard InChI is InChI=1S/C26H36O7/c1-14(27)31-13-26-10-19(26)21(33-16(3)29)11-25(5)18-6-7-24(4,23-12-30-23)9-17(18)20(8-22(25)26)32-15(2)28/h6,17,19-23H,7-13H2,1-5H3/t17-,19+,20-,21-,22+,23-,24+,25+,26-/m1/s1. The number of carbonyl (C=O) groups is 3. The van der Waals surface area contributed by atoms with Crippen LogP contribution in [0.15, 0.2) is 11.6 Å². The molecule has 0 radical (unpaired) electrons. The lowest BCUT2D eigenvalue weighted by atomic mass is 9.48. The van der Waals surface area contributed by atoms with E-state index in [1.807, 2.05) is 0 Å². The molecule has 0 unspecified atom stereocenters. The number of ether oxygens (including phenoxy) is 4. The minimum atomic E-state index is -0.298. The molecule has 7 nitrogen and oxygen atoms in total. The first-order valence-corrected chi connectivity index (χ1v) is 12.3. The van der Waals surface area contributed by atoms with Crippen LogP contribution in [0.1, 0.15) is 66.7 Å². The van der Waals surface area contributed by atoms with E-state index >= 15 is 0 Å². The van der Waals surface area contributed by atoms with Crippen LogP contribution in [-0.4, -0.2) is 49.4 Å².